The van der Waals surface area contributed by atoms with Gasteiger partial charge in [0.25, 0.3) is 0 Å². The zero-order valence-electron chi connectivity index (χ0n) is 64.2. The van der Waals surface area contributed by atoms with E-state index in [4.69, 9.17) is 56.8 Å². The van der Waals surface area contributed by atoms with E-state index in [0.29, 0.717) is 115 Å². The van der Waals surface area contributed by atoms with E-state index in [9.17, 15) is 9.59 Å². The van der Waals surface area contributed by atoms with Crippen molar-refractivity contribution in [3.63, 3.8) is 0 Å². The highest BCUT2D eigenvalue weighted by Gasteiger charge is 2.30. The third-order valence-corrected chi connectivity index (χ3v) is 18.1. The van der Waals surface area contributed by atoms with Crippen LogP contribution in [0.25, 0.3) is 22.8 Å². The molecule has 18 heteroatoms. The molecule has 0 atom stereocenters. The molecule has 1 aliphatic carbocycles. The summed E-state index contributed by atoms with van der Waals surface area (Å²) >= 11 is 0. The van der Waals surface area contributed by atoms with Crippen LogP contribution in [0.5, 0.6) is 23.0 Å². The van der Waals surface area contributed by atoms with E-state index in [1.807, 2.05) is 87.2 Å². The van der Waals surface area contributed by atoms with Gasteiger partial charge in [0.2, 0.25) is 0 Å². The Balaban J connectivity index is 1.00. The lowest BCUT2D eigenvalue weighted by molar-refractivity contribution is -0.143. The molecule has 0 N–H and O–H groups in total. The zero-order chi connectivity index (χ0) is 74.6. The lowest BCUT2D eigenvalue weighted by atomic mass is 9.79. The highest BCUT2D eigenvalue weighted by molar-refractivity contribution is 5.72. The molecule has 1 aliphatic rings. The van der Waals surface area contributed by atoms with Crippen molar-refractivity contribution >= 4 is 11.9 Å². The normalized spacial score (nSPS) is 12.6. The largest absolute Gasteiger partial charge is 0.491 e. The van der Waals surface area contributed by atoms with Crippen molar-refractivity contribution < 1.29 is 66.4 Å². The summed E-state index contributed by atoms with van der Waals surface area (Å²) in [5.41, 5.74) is 17.5. The van der Waals surface area contributed by atoms with Gasteiger partial charge in [-0.3, -0.25) is 19.9 Å². The Hall–Kier alpha value is -8.62. The summed E-state index contributed by atoms with van der Waals surface area (Å²) in [6.45, 7) is 34.7. The molecule has 4 aromatic carbocycles. The van der Waals surface area contributed by atoms with Crippen LogP contribution in [0.2, 0.25) is 0 Å². The number of pyridine rings is 4. The van der Waals surface area contributed by atoms with Gasteiger partial charge in [-0.2, -0.15) is 0 Å². The molecule has 0 aliphatic heterocycles. The van der Waals surface area contributed by atoms with E-state index in [2.05, 4.69) is 152 Å². The molecule has 0 amide bonds. The maximum atomic E-state index is 13.3. The number of hydrogen-bond acceptors (Lipinski definition) is 18. The number of esters is 2. The van der Waals surface area contributed by atoms with E-state index in [1.165, 1.54) is 14.2 Å². The Morgan fingerprint density at radius 3 is 0.788 bits per heavy atom. The van der Waals surface area contributed by atoms with Crippen LogP contribution in [0.4, 0.5) is 0 Å². The SMILES string of the molecule is COC(=O)COc1c2cc(C(C)(C)C)cc1Cc1cc(C(C)(C)C)cc(c1OCCOCCOCCOCc1ccc(-c3ccc(C)cn3)nc1)Cc1cc(C(C)(C)C)cc(c1OCC(=O)OC)Cc1cc(C(C)(C)C)cc(c1OCCOCCOCCOCc1ccc(-c3ccc(C)cn3)nc1)C2. The number of carbonyl (C=O) groups excluding carboxylic acids is 2. The highest BCUT2D eigenvalue weighted by atomic mass is 16.6. The number of carbonyl (C=O) groups is 2. The molecule has 8 aromatic rings. The first-order chi connectivity index (χ1) is 49.6. The average molecular weight is 1420 g/mol. The minimum Gasteiger partial charge on any atom is -0.491 e. The predicted octanol–water partition coefficient (Wildman–Crippen LogP) is 15.4. The Labute approximate surface area is 616 Å². The van der Waals surface area contributed by atoms with E-state index in [1.54, 1.807) is 0 Å². The second kappa shape index (κ2) is 36.9. The first kappa shape index (κ1) is 79.5. The fraction of sp³-hybridized carbons (Fsp3) is 0.465. The molecule has 0 radical (unpaired) electrons. The zero-order valence-corrected chi connectivity index (χ0v) is 64.2. The van der Waals surface area contributed by atoms with Crippen LogP contribution in [0, 0.1) is 13.8 Å². The highest BCUT2D eigenvalue weighted by Crippen LogP contribution is 2.45. The summed E-state index contributed by atoms with van der Waals surface area (Å²) in [6.07, 6.45) is 8.73. The standard InChI is InChI=1S/C86H108N4O14/c1-57-17-21-73(87-49-57)75-23-19-59(51-89-75)53-99-31-29-95-25-27-97-33-35-101-79-61-37-65-45-71(85(9,10)11)47-67(81(65)103-55-77(91)93-15)39-63-43-70(84(6,7)8)44-64(80(63)102-36-34-98-28-26-96-30-32-100-54-60-20-24-76(90-52-60)74-22-18-58(2)50-88-74)40-68-48-72(86(12,13)14)46-66(82(68)104-56-78(92)94-16)38-62(79)42-69(41-61)83(3,4)5/h17-24,41-52H,25-40,53-56H2,1-16H3. The summed E-state index contributed by atoms with van der Waals surface area (Å²) in [5, 5.41) is 0. The van der Waals surface area contributed by atoms with Gasteiger partial charge in [0, 0.05) is 50.5 Å². The van der Waals surface area contributed by atoms with Crippen LogP contribution >= 0.6 is 0 Å². The molecular weight excluding hydrogens is 1310 g/mol. The number of hydrogen-bond donors (Lipinski definition) is 0. The quantitative estimate of drug-likeness (QED) is 0.0285. The maximum absolute atomic E-state index is 13.3. The van der Waals surface area contributed by atoms with Gasteiger partial charge in [-0.1, -0.05) is 156 Å². The first-order valence-electron chi connectivity index (χ1n) is 36.2. The molecule has 0 saturated heterocycles. The Bertz CT molecular complexity index is 3750. The lowest BCUT2D eigenvalue weighted by Gasteiger charge is -2.29. The minimum absolute atomic E-state index is 0.217. The number of methoxy groups -OCH3 is 2. The minimum atomic E-state index is -0.510. The van der Waals surface area contributed by atoms with Gasteiger partial charge < -0.3 is 56.8 Å². The monoisotopic (exact) mass is 1420 g/mol. The Kier molecular flexibility index (Phi) is 28.2. The predicted molar refractivity (Wildman–Crippen MR) is 405 cm³/mol. The van der Waals surface area contributed by atoms with Crippen molar-refractivity contribution in [3.8, 4) is 45.8 Å². The topological polar surface area (TPSA) is 196 Å². The molecule has 18 nitrogen and oxygen atoms in total. The van der Waals surface area contributed by atoms with Gasteiger partial charge in [0.15, 0.2) is 13.2 Å². The Morgan fingerprint density at radius 1 is 0.317 bits per heavy atom. The van der Waals surface area contributed by atoms with Crippen molar-refractivity contribution in [1.82, 2.24) is 19.9 Å². The molecule has 0 fully saturated rings. The van der Waals surface area contributed by atoms with Crippen molar-refractivity contribution in [2.45, 2.75) is 157 Å². The molecule has 4 aromatic heterocycles. The molecule has 0 unspecified atom stereocenters. The Morgan fingerprint density at radius 2 is 0.558 bits per heavy atom. The number of aromatic nitrogens is 4. The van der Waals surface area contributed by atoms with Crippen LogP contribution < -0.4 is 18.9 Å². The number of rotatable bonds is 32. The fourth-order valence-corrected chi connectivity index (χ4v) is 12.0. The molecule has 0 saturated carbocycles. The molecule has 556 valence electrons. The molecule has 104 heavy (non-hydrogen) atoms. The van der Waals surface area contributed by atoms with Gasteiger partial charge in [0.05, 0.1) is 116 Å². The summed E-state index contributed by atoms with van der Waals surface area (Å²) in [7, 11) is 2.74. The summed E-state index contributed by atoms with van der Waals surface area (Å²) in [5.74, 6) is 1.49. The first-order valence-corrected chi connectivity index (χ1v) is 36.2. The van der Waals surface area contributed by atoms with Gasteiger partial charge in [-0.05, 0) is 149 Å². The van der Waals surface area contributed by atoms with Crippen molar-refractivity contribution in [2.24, 2.45) is 0 Å². The van der Waals surface area contributed by atoms with Crippen LogP contribution in [0.3, 0.4) is 0 Å². The molecule has 4 heterocycles. The third kappa shape index (κ3) is 23.2. The maximum Gasteiger partial charge on any atom is 0.343 e. The van der Waals surface area contributed by atoms with Crippen molar-refractivity contribution in [3.05, 3.63) is 211 Å². The number of benzene rings is 4. The van der Waals surface area contributed by atoms with Crippen molar-refractivity contribution in [2.75, 3.05) is 107 Å². The van der Waals surface area contributed by atoms with E-state index >= 15 is 0 Å². The van der Waals surface area contributed by atoms with Crippen LogP contribution in [-0.2, 0) is 108 Å². The molecule has 0 spiro atoms. The smallest absolute Gasteiger partial charge is 0.343 e. The van der Waals surface area contributed by atoms with Crippen molar-refractivity contribution in [1.29, 1.82) is 0 Å². The van der Waals surface area contributed by atoms with Gasteiger partial charge in [0.1, 0.15) is 36.2 Å². The van der Waals surface area contributed by atoms with Crippen LogP contribution in [-0.4, -0.2) is 139 Å². The lowest BCUT2D eigenvalue weighted by Crippen LogP contribution is -2.20. The van der Waals surface area contributed by atoms with E-state index < -0.39 is 11.9 Å². The number of ether oxygens (including phenoxy) is 12. The molecule has 9 rings (SSSR count). The second-order valence-electron chi connectivity index (χ2n) is 30.7. The van der Waals surface area contributed by atoms with Gasteiger partial charge in [-0.15, -0.1) is 0 Å². The number of nitrogens with zero attached hydrogens (tertiary/aromatic N) is 4. The fourth-order valence-electron chi connectivity index (χ4n) is 12.0. The summed E-state index contributed by atoms with van der Waals surface area (Å²) < 4.78 is 74.6. The van der Waals surface area contributed by atoms with Gasteiger partial charge >= 0.3 is 11.9 Å². The summed E-state index contributed by atoms with van der Waals surface area (Å²) in [6, 6.07) is 33.7. The molecular formula is C86H108N4O14. The van der Waals surface area contributed by atoms with E-state index in [0.717, 1.165) is 112 Å². The third-order valence-electron chi connectivity index (χ3n) is 18.1. The van der Waals surface area contributed by atoms with E-state index in [-0.39, 0.29) is 61.3 Å². The summed E-state index contributed by atoms with van der Waals surface area (Å²) in [4.78, 5) is 44.8. The number of aryl methyl sites for hydroxylation is 2. The second-order valence-corrected chi connectivity index (χ2v) is 30.7. The van der Waals surface area contributed by atoms with Gasteiger partial charge in [-0.25, -0.2) is 9.59 Å². The molecule has 8 bridgehead atoms. The average Bonchev–Trinajstić information content (AvgIpc) is 0.762. The van der Waals surface area contributed by atoms with Crippen LogP contribution in [0.1, 0.15) is 172 Å². The van der Waals surface area contributed by atoms with Crippen LogP contribution in [0.15, 0.2) is 122 Å². The number of fused-ring (bicyclic) bond motifs is 8.